The molecule has 154 valence electrons. The summed E-state index contributed by atoms with van der Waals surface area (Å²) in [6.45, 7) is 5.16. The van der Waals surface area contributed by atoms with E-state index in [0.717, 1.165) is 55.0 Å². The smallest absolute Gasteiger partial charge is 0.335 e. The Hall–Kier alpha value is -3.20. The first-order valence-electron chi connectivity index (χ1n) is 9.17. The summed E-state index contributed by atoms with van der Waals surface area (Å²) in [5.41, 5.74) is 9.09. The Kier molecular flexibility index (Phi) is 7.90. The third-order valence-electron chi connectivity index (χ3n) is 4.76. The van der Waals surface area contributed by atoms with Crippen LogP contribution in [0, 0.1) is 10.1 Å². The van der Waals surface area contributed by atoms with Crippen LogP contribution in [0.4, 0.5) is 17.1 Å². The average molecular weight is 417 g/mol. The first kappa shape index (κ1) is 22.1. The Balaban J connectivity index is 0.000000941. The fourth-order valence-corrected chi connectivity index (χ4v) is 3.28. The predicted molar refractivity (Wildman–Crippen MR) is 118 cm³/mol. The lowest BCUT2D eigenvalue weighted by atomic mass is 10.0. The van der Waals surface area contributed by atoms with E-state index >= 15 is 0 Å². The number of nitro groups is 1. The number of rotatable bonds is 5. The molecule has 1 aliphatic heterocycles. The number of aryl methyl sites for hydroxylation is 1. The van der Waals surface area contributed by atoms with Gasteiger partial charge in [-0.25, -0.2) is 4.79 Å². The molecule has 9 heteroatoms. The SMILES string of the molecule is CCc1ccc(C(=O)O)cc1N1CCN(c2ccc([N+](=O)[O-])cc2)CC1.NC=S. The molecule has 1 fully saturated rings. The number of carboxylic acids is 1. The molecule has 0 amide bonds. The molecule has 8 nitrogen and oxygen atoms in total. The zero-order chi connectivity index (χ0) is 21.4. The molecule has 1 heterocycles. The highest BCUT2D eigenvalue weighted by atomic mass is 32.1. The number of nitro benzene ring substituents is 1. The lowest BCUT2D eigenvalue weighted by molar-refractivity contribution is -0.384. The van der Waals surface area contributed by atoms with E-state index in [1.54, 1.807) is 24.3 Å². The van der Waals surface area contributed by atoms with Gasteiger partial charge in [0.15, 0.2) is 0 Å². The van der Waals surface area contributed by atoms with Gasteiger partial charge in [-0.3, -0.25) is 10.1 Å². The predicted octanol–water partition coefficient (Wildman–Crippen LogP) is 3.08. The number of benzene rings is 2. The lowest BCUT2D eigenvalue weighted by Gasteiger charge is -2.38. The third-order valence-corrected chi connectivity index (χ3v) is 4.76. The summed E-state index contributed by atoms with van der Waals surface area (Å²) in [6.07, 6.45) is 0.845. The monoisotopic (exact) mass is 416 g/mol. The normalized spacial score (nSPS) is 13.3. The number of anilines is 2. The quantitative estimate of drug-likeness (QED) is 0.434. The third kappa shape index (κ3) is 5.64. The Morgan fingerprint density at radius 2 is 1.72 bits per heavy atom. The minimum atomic E-state index is -0.918. The van der Waals surface area contributed by atoms with Crippen LogP contribution in [0.3, 0.4) is 0 Å². The molecule has 0 unspecified atom stereocenters. The molecular weight excluding hydrogens is 392 g/mol. The van der Waals surface area contributed by atoms with Crippen molar-refractivity contribution in [2.75, 3.05) is 36.0 Å². The number of hydrogen-bond acceptors (Lipinski definition) is 6. The highest BCUT2D eigenvalue weighted by Gasteiger charge is 2.20. The molecule has 0 saturated carbocycles. The second-order valence-corrected chi connectivity index (χ2v) is 6.66. The minimum absolute atomic E-state index is 0.0884. The maximum absolute atomic E-state index is 11.3. The maximum atomic E-state index is 11.3. The number of aromatic carboxylic acids is 1. The van der Waals surface area contributed by atoms with Crippen molar-refractivity contribution in [2.45, 2.75) is 13.3 Å². The van der Waals surface area contributed by atoms with Crippen LogP contribution in [-0.4, -0.2) is 47.7 Å². The fraction of sp³-hybridized carbons (Fsp3) is 0.300. The molecule has 0 aromatic heterocycles. The standard InChI is InChI=1S/C19H21N3O4.CH3NS/c1-2-14-3-4-15(19(23)24)13-18(14)21-11-9-20(10-12-21)16-5-7-17(8-6-16)22(25)26;2-1-3/h3-8,13H,2,9-12H2,1H3,(H,23,24);1H,(H2,2,3). The van der Waals surface area contributed by atoms with E-state index in [9.17, 15) is 20.0 Å². The number of non-ortho nitro benzene ring substituents is 1. The van der Waals surface area contributed by atoms with Gasteiger partial charge in [0.25, 0.3) is 5.69 Å². The van der Waals surface area contributed by atoms with Gasteiger partial charge < -0.3 is 20.6 Å². The van der Waals surface area contributed by atoms with Crippen LogP contribution < -0.4 is 15.5 Å². The lowest BCUT2D eigenvalue weighted by Crippen LogP contribution is -2.46. The topological polar surface area (TPSA) is 113 Å². The van der Waals surface area contributed by atoms with Crippen molar-refractivity contribution in [1.29, 1.82) is 0 Å². The molecule has 0 bridgehead atoms. The molecule has 2 aromatic carbocycles. The molecule has 1 saturated heterocycles. The minimum Gasteiger partial charge on any atom is -0.478 e. The van der Waals surface area contributed by atoms with Gasteiger partial charge in [-0.1, -0.05) is 25.2 Å². The summed E-state index contributed by atoms with van der Waals surface area (Å²) < 4.78 is 0. The molecule has 3 rings (SSSR count). The highest BCUT2D eigenvalue weighted by Crippen LogP contribution is 2.26. The van der Waals surface area contributed by atoms with Crippen LogP contribution in [0.2, 0.25) is 0 Å². The first-order chi connectivity index (χ1) is 13.9. The zero-order valence-electron chi connectivity index (χ0n) is 16.2. The Labute approximate surface area is 174 Å². The van der Waals surface area contributed by atoms with Crippen molar-refractivity contribution in [1.82, 2.24) is 0 Å². The van der Waals surface area contributed by atoms with Crippen molar-refractivity contribution in [3.63, 3.8) is 0 Å². The molecule has 1 aliphatic rings. The number of piperazine rings is 1. The van der Waals surface area contributed by atoms with Gasteiger partial charge in [0.05, 0.1) is 16.0 Å². The molecule has 3 N–H and O–H groups in total. The van der Waals surface area contributed by atoms with Gasteiger partial charge in [-0.2, -0.15) is 0 Å². The number of carboxylic acid groups (broad SMARTS) is 1. The molecule has 0 aliphatic carbocycles. The van der Waals surface area contributed by atoms with Gasteiger partial charge in [0.1, 0.15) is 0 Å². The molecule has 2 aromatic rings. The first-order valence-corrected chi connectivity index (χ1v) is 9.64. The van der Waals surface area contributed by atoms with Crippen molar-refractivity contribution < 1.29 is 14.8 Å². The largest absolute Gasteiger partial charge is 0.478 e. The number of nitrogens with two attached hydrogens (primary N) is 1. The van der Waals surface area contributed by atoms with Gasteiger partial charge in [-0.05, 0) is 36.2 Å². The number of nitrogens with zero attached hydrogens (tertiary/aromatic N) is 3. The van der Waals surface area contributed by atoms with Crippen LogP contribution in [0.25, 0.3) is 0 Å². The van der Waals surface area contributed by atoms with E-state index < -0.39 is 10.9 Å². The molecule has 0 radical (unpaired) electrons. The van der Waals surface area contributed by atoms with E-state index in [-0.39, 0.29) is 5.69 Å². The molecule has 0 atom stereocenters. The van der Waals surface area contributed by atoms with Gasteiger partial charge >= 0.3 is 5.97 Å². The molecule has 29 heavy (non-hydrogen) atoms. The molecule has 0 spiro atoms. The summed E-state index contributed by atoms with van der Waals surface area (Å²) >= 11 is 4.05. The highest BCUT2D eigenvalue weighted by molar-refractivity contribution is 7.78. The second kappa shape index (κ2) is 10.4. The van der Waals surface area contributed by atoms with E-state index in [1.165, 1.54) is 12.1 Å². The Morgan fingerprint density at radius 1 is 1.17 bits per heavy atom. The number of hydrogen-bond donors (Lipinski definition) is 2. The van der Waals surface area contributed by atoms with Crippen LogP contribution >= 0.6 is 12.2 Å². The van der Waals surface area contributed by atoms with Crippen LogP contribution in [0.5, 0.6) is 0 Å². The van der Waals surface area contributed by atoms with E-state index in [4.69, 9.17) is 0 Å². The molecular formula is C20H24N4O4S. The number of carbonyl (C=O) groups is 1. The van der Waals surface area contributed by atoms with Gasteiger partial charge in [0, 0.05) is 49.7 Å². The van der Waals surface area contributed by atoms with Crippen molar-refractivity contribution in [3.05, 3.63) is 63.7 Å². The van der Waals surface area contributed by atoms with Crippen LogP contribution in [0.15, 0.2) is 42.5 Å². The summed E-state index contributed by atoms with van der Waals surface area (Å²) in [7, 11) is 0. The Morgan fingerprint density at radius 3 is 2.21 bits per heavy atom. The van der Waals surface area contributed by atoms with Gasteiger partial charge in [0.2, 0.25) is 0 Å². The fourth-order valence-electron chi connectivity index (χ4n) is 3.28. The van der Waals surface area contributed by atoms with Crippen LogP contribution in [-0.2, 0) is 6.42 Å². The van der Waals surface area contributed by atoms with E-state index in [2.05, 4.69) is 34.7 Å². The Bertz CT molecular complexity index is 865. The van der Waals surface area contributed by atoms with E-state index in [1.807, 2.05) is 6.07 Å². The van der Waals surface area contributed by atoms with E-state index in [0.29, 0.717) is 5.56 Å². The van der Waals surface area contributed by atoms with Gasteiger partial charge in [-0.15, -0.1) is 0 Å². The van der Waals surface area contributed by atoms with Crippen molar-refractivity contribution in [2.24, 2.45) is 5.73 Å². The summed E-state index contributed by atoms with van der Waals surface area (Å²) in [6, 6.07) is 11.9. The zero-order valence-corrected chi connectivity index (χ0v) is 17.0. The number of thiocarbonyl (C=S) groups is 1. The van der Waals surface area contributed by atoms with Crippen LogP contribution in [0.1, 0.15) is 22.8 Å². The summed E-state index contributed by atoms with van der Waals surface area (Å²) in [5.74, 6) is -0.918. The summed E-state index contributed by atoms with van der Waals surface area (Å²) in [4.78, 5) is 26.0. The average Bonchev–Trinajstić information content (AvgIpc) is 2.74. The van der Waals surface area contributed by atoms with Crippen molar-refractivity contribution in [3.8, 4) is 0 Å². The maximum Gasteiger partial charge on any atom is 0.335 e. The second-order valence-electron chi connectivity index (χ2n) is 6.39. The van der Waals surface area contributed by atoms with Crippen molar-refractivity contribution >= 4 is 40.7 Å². The summed E-state index contributed by atoms with van der Waals surface area (Å²) in [5, 5.41) is 20.0.